The van der Waals surface area contributed by atoms with Crippen LogP contribution in [0, 0.1) is 0 Å². The van der Waals surface area contributed by atoms with Gasteiger partial charge in [-0.1, -0.05) is 12.2 Å². The van der Waals surface area contributed by atoms with E-state index in [1.54, 1.807) is 25.2 Å². The molecule has 0 saturated heterocycles. The summed E-state index contributed by atoms with van der Waals surface area (Å²) in [4.78, 5) is 14.9. The number of ether oxygens (including phenoxy) is 4. The molecule has 0 fully saturated rings. The van der Waals surface area contributed by atoms with E-state index >= 15 is 0 Å². The van der Waals surface area contributed by atoms with Gasteiger partial charge >= 0.3 is 0 Å². The van der Waals surface area contributed by atoms with E-state index in [4.69, 9.17) is 18.9 Å². The van der Waals surface area contributed by atoms with Crippen LogP contribution in [0.4, 0.5) is 0 Å². The lowest BCUT2D eigenvalue weighted by Crippen LogP contribution is -2.40. The lowest BCUT2D eigenvalue weighted by molar-refractivity contribution is 0.0687. The maximum Gasteiger partial charge on any atom is 0.254 e. The third-order valence-corrected chi connectivity index (χ3v) is 5.60. The van der Waals surface area contributed by atoms with Crippen LogP contribution in [0.15, 0.2) is 30.3 Å². The summed E-state index contributed by atoms with van der Waals surface area (Å²) in [5, 5.41) is 0. The quantitative estimate of drug-likeness (QED) is 0.817. The molecule has 0 spiro atoms. The van der Waals surface area contributed by atoms with Crippen LogP contribution in [0.5, 0.6) is 23.0 Å². The molecule has 3 aliphatic rings. The molecule has 0 N–H and O–H groups in total. The van der Waals surface area contributed by atoms with Gasteiger partial charge in [-0.05, 0) is 41.0 Å². The molecule has 2 heterocycles. The fourth-order valence-corrected chi connectivity index (χ4v) is 4.28. The van der Waals surface area contributed by atoms with Gasteiger partial charge in [-0.2, -0.15) is 0 Å². The molecule has 2 aliphatic heterocycles. The van der Waals surface area contributed by atoms with E-state index in [0.717, 1.165) is 28.2 Å². The normalized spacial score (nSPS) is 21.4. The fraction of sp³-hybridized carbons (Fsp3) is 0.286. The van der Waals surface area contributed by atoms with Gasteiger partial charge in [0.25, 0.3) is 5.91 Å². The van der Waals surface area contributed by atoms with Gasteiger partial charge in [0.1, 0.15) is 0 Å². The number of nitrogens with zero attached hydrogens (tertiary/aromatic N) is 1. The fourth-order valence-electron chi connectivity index (χ4n) is 4.28. The van der Waals surface area contributed by atoms with E-state index in [0.29, 0.717) is 17.1 Å². The largest absolute Gasteiger partial charge is 0.493 e. The molecule has 1 aliphatic carbocycles. The van der Waals surface area contributed by atoms with E-state index in [9.17, 15) is 4.79 Å². The second-order valence-corrected chi connectivity index (χ2v) is 6.87. The maximum atomic E-state index is 13.1. The Morgan fingerprint density at radius 2 is 1.70 bits per heavy atom. The number of hydrogen-bond acceptors (Lipinski definition) is 5. The average Bonchev–Trinajstić information content (AvgIpc) is 3.15. The van der Waals surface area contributed by atoms with Gasteiger partial charge in [-0.15, -0.1) is 0 Å². The van der Waals surface area contributed by atoms with Crippen LogP contribution in [-0.4, -0.2) is 38.9 Å². The highest BCUT2D eigenvalue weighted by atomic mass is 16.7. The van der Waals surface area contributed by atoms with Crippen molar-refractivity contribution in [3.05, 3.63) is 52.6 Å². The van der Waals surface area contributed by atoms with E-state index in [2.05, 4.69) is 12.2 Å². The van der Waals surface area contributed by atoms with Crippen molar-refractivity contribution in [2.24, 2.45) is 0 Å². The van der Waals surface area contributed by atoms with Gasteiger partial charge in [0.15, 0.2) is 23.0 Å². The van der Waals surface area contributed by atoms with Crippen molar-refractivity contribution in [2.45, 2.75) is 12.0 Å². The van der Waals surface area contributed by atoms with E-state index in [-0.39, 0.29) is 24.7 Å². The molecule has 2 aromatic rings. The van der Waals surface area contributed by atoms with Gasteiger partial charge in [0, 0.05) is 18.5 Å². The first-order valence-corrected chi connectivity index (χ1v) is 8.77. The monoisotopic (exact) mass is 365 g/mol. The predicted octanol–water partition coefficient (Wildman–Crippen LogP) is 3.37. The number of carbonyl (C=O) groups excluding carboxylic acids is 1. The zero-order valence-corrected chi connectivity index (χ0v) is 15.3. The molecule has 1 amide bonds. The summed E-state index contributed by atoms with van der Waals surface area (Å²) in [6, 6.07) is 7.55. The van der Waals surface area contributed by atoms with Crippen LogP contribution in [0.25, 0.3) is 6.08 Å². The molecule has 2 unspecified atom stereocenters. The number of fused-ring (bicyclic) bond motifs is 6. The van der Waals surface area contributed by atoms with Gasteiger partial charge in [-0.3, -0.25) is 4.79 Å². The van der Waals surface area contributed by atoms with Gasteiger partial charge in [0.05, 0.1) is 20.3 Å². The van der Waals surface area contributed by atoms with Crippen molar-refractivity contribution in [3.63, 3.8) is 0 Å². The van der Waals surface area contributed by atoms with Crippen LogP contribution in [-0.2, 0) is 0 Å². The number of rotatable bonds is 2. The average molecular weight is 365 g/mol. The smallest absolute Gasteiger partial charge is 0.254 e. The van der Waals surface area contributed by atoms with Crippen molar-refractivity contribution in [2.75, 3.05) is 28.1 Å². The zero-order valence-electron chi connectivity index (χ0n) is 15.3. The topological polar surface area (TPSA) is 57.2 Å². The molecule has 0 saturated carbocycles. The second-order valence-electron chi connectivity index (χ2n) is 6.87. The zero-order chi connectivity index (χ0) is 18.7. The number of likely N-dealkylation sites (N-methyl/N-ethyl adjacent to an activating group) is 1. The molecule has 138 valence electrons. The molecule has 2 aromatic carbocycles. The summed E-state index contributed by atoms with van der Waals surface area (Å²) in [6.07, 6.45) is 4.23. The molecule has 0 bridgehead atoms. The number of hydrogen-bond donors (Lipinski definition) is 0. The number of benzene rings is 2. The number of carbonyl (C=O) groups is 1. The number of amides is 1. The highest BCUT2D eigenvalue weighted by molar-refractivity contribution is 5.99. The minimum atomic E-state index is -0.113. The van der Waals surface area contributed by atoms with Crippen molar-refractivity contribution < 1.29 is 23.7 Å². The van der Waals surface area contributed by atoms with Gasteiger partial charge in [0.2, 0.25) is 6.79 Å². The second kappa shape index (κ2) is 5.67. The Morgan fingerprint density at radius 1 is 1.00 bits per heavy atom. The number of methoxy groups -OCH3 is 2. The minimum Gasteiger partial charge on any atom is -0.493 e. The van der Waals surface area contributed by atoms with Crippen LogP contribution in [0.1, 0.15) is 39.0 Å². The highest BCUT2D eigenvalue weighted by Gasteiger charge is 2.41. The van der Waals surface area contributed by atoms with Crippen molar-refractivity contribution in [1.29, 1.82) is 0 Å². The lowest BCUT2D eigenvalue weighted by Gasteiger charge is -2.42. The van der Waals surface area contributed by atoms with Crippen molar-refractivity contribution in [1.82, 2.24) is 4.90 Å². The Bertz CT molecular complexity index is 997. The van der Waals surface area contributed by atoms with Crippen LogP contribution < -0.4 is 18.9 Å². The molecule has 5 rings (SSSR count). The minimum absolute atomic E-state index is 0.0235. The Hall–Kier alpha value is -3.15. The molecule has 0 radical (unpaired) electrons. The Balaban J connectivity index is 1.70. The summed E-state index contributed by atoms with van der Waals surface area (Å²) in [6.45, 7) is 0.227. The van der Waals surface area contributed by atoms with Crippen molar-refractivity contribution in [3.8, 4) is 23.0 Å². The summed E-state index contributed by atoms with van der Waals surface area (Å²) < 4.78 is 21.9. The molecular formula is C21H19NO5. The Labute approximate surface area is 156 Å². The summed E-state index contributed by atoms with van der Waals surface area (Å²) in [7, 11) is 5.02. The molecule has 6 nitrogen and oxygen atoms in total. The van der Waals surface area contributed by atoms with E-state index in [1.165, 1.54) is 0 Å². The molecule has 2 atom stereocenters. The Morgan fingerprint density at radius 3 is 2.44 bits per heavy atom. The van der Waals surface area contributed by atoms with E-state index < -0.39 is 0 Å². The summed E-state index contributed by atoms with van der Waals surface area (Å²) in [5.41, 5.74) is 3.69. The summed E-state index contributed by atoms with van der Waals surface area (Å²) >= 11 is 0. The molecule has 0 aromatic heterocycles. The van der Waals surface area contributed by atoms with Gasteiger partial charge < -0.3 is 23.8 Å². The predicted molar refractivity (Wildman–Crippen MR) is 98.7 cm³/mol. The molecule has 6 heteroatoms. The van der Waals surface area contributed by atoms with Crippen LogP contribution >= 0.6 is 0 Å². The standard InChI is InChI=1S/C21H19NO5/c1-22-20-12(5-4-11-6-18-19(7-13(11)20)27-10-26-18)14-8-16(24-2)17(25-3)9-15(14)21(22)23/h4-9,12,20H,10H2,1-3H3. The van der Waals surface area contributed by atoms with E-state index in [1.807, 2.05) is 25.2 Å². The third kappa shape index (κ3) is 2.16. The Kier molecular flexibility index (Phi) is 3.37. The van der Waals surface area contributed by atoms with Crippen LogP contribution in [0.3, 0.4) is 0 Å². The van der Waals surface area contributed by atoms with Crippen molar-refractivity contribution >= 4 is 12.0 Å². The first-order valence-electron chi connectivity index (χ1n) is 8.77. The summed E-state index contributed by atoms with van der Waals surface area (Å²) in [5.74, 6) is 2.63. The molecular weight excluding hydrogens is 346 g/mol. The molecule has 27 heavy (non-hydrogen) atoms. The SMILES string of the molecule is COc1cc2c(cc1OC)C1C=Cc3cc4c(cc3C1N(C)C2=O)OCO4. The first-order chi connectivity index (χ1) is 13.1. The maximum absolute atomic E-state index is 13.1. The van der Waals surface area contributed by atoms with Crippen LogP contribution in [0.2, 0.25) is 0 Å². The third-order valence-electron chi connectivity index (χ3n) is 5.60. The lowest BCUT2D eigenvalue weighted by atomic mass is 9.75. The van der Waals surface area contributed by atoms with Gasteiger partial charge in [-0.25, -0.2) is 0 Å². The highest BCUT2D eigenvalue weighted by Crippen LogP contribution is 2.51. The first kappa shape index (κ1) is 16.1.